The van der Waals surface area contributed by atoms with Crippen LogP contribution >= 0.6 is 11.3 Å². The van der Waals surface area contributed by atoms with Gasteiger partial charge in [0, 0.05) is 28.5 Å². The monoisotopic (exact) mass is 374 g/mol. The van der Waals surface area contributed by atoms with Crippen molar-refractivity contribution in [3.8, 4) is 5.75 Å². The molecule has 1 aromatic carbocycles. The molecule has 2 aromatic rings. The van der Waals surface area contributed by atoms with Gasteiger partial charge in [-0.3, -0.25) is 9.00 Å². The van der Waals surface area contributed by atoms with Gasteiger partial charge < -0.3 is 4.74 Å². The van der Waals surface area contributed by atoms with Crippen molar-refractivity contribution in [1.29, 1.82) is 0 Å². The highest BCUT2D eigenvalue weighted by Crippen LogP contribution is 2.36. The molecule has 0 spiro atoms. The summed E-state index contributed by atoms with van der Waals surface area (Å²) in [5.74, 6) is 1.34. The molecule has 2 atom stereocenters. The number of carbonyl (C=O) groups is 1. The van der Waals surface area contributed by atoms with Crippen LogP contribution in [0.25, 0.3) is 0 Å². The molecule has 25 heavy (non-hydrogen) atoms. The molecule has 0 saturated carbocycles. The number of anilines is 1. The Morgan fingerprint density at radius 3 is 2.80 bits per heavy atom. The maximum Gasteiger partial charge on any atom is 0.248 e. The van der Waals surface area contributed by atoms with Crippen LogP contribution < -0.4 is 9.75 Å². The van der Waals surface area contributed by atoms with Crippen molar-refractivity contribution < 1.29 is 13.7 Å². The molecule has 0 bridgehead atoms. The number of amides is 1. The fraction of sp³-hybridized carbons (Fsp3) is 0.333. The summed E-state index contributed by atoms with van der Waals surface area (Å²) in [6.07, 6.45) is 1.13. The van der Waals surface area contributed by atoms with E-state index in [0.29, 0.717) is 12.2 Å². The van der Waals surface area contributed by atoms with Crippen LogP contribution in [-0.4, -0.2) is 28.7 Å². The fourth-order valence-electron chi connectivity index (χ4n) is 3.26. The van der Waals surface area contributed by atoms with Crippen molar-refractivity contribution >= 4 is 39.4 Å². The lowest BCUT2D eigenvalue weighted by atomic mass is 9.91. The number of carbonyl (C=O) groups excluding carboxylic acids is 1. The summed E-state index contributed by atoms with van der Waals surface area (Å²) < 4.78 is 18.6. The van der Waals surface area contributed by atoms with Gasteiger partial charge in [0.2, 0.25) is 5.91 Å². The quantitative estimate of drug-likeness (QED) is 0.810. The molecule has 5 nitrogen and oxygen atoms in total. The number of nitrogens with zero attached hydrogens (tertiary/aromatic N) is 2. The number of benzene rings is 1. The Morgan fingerprint density at radius 2 is 2.08 bits per heavy atom. The normalized spacial score (nSPS) is 22.7. The van der Waals surface area contributed by atoms with E-state index in [4.69, 9.17) is 9.84 Å². The minimum absolute atomic E-state index is 0.0277. The summed E-state index contributed by atoms with van der Waals surface area (Å²) in [6, 6.07) is 9.34. The third kappa shape index (κ3) is 2.91. The highest BCUT2D eigenvalue weighted by atomic mass is 32.2. The number of rotatable bonds is 2. The number of aryl methyl sites for hydroxylation is 1. The van der Waals surface area contributed by atoms with Crippen molar-refractivity contribution in [3.05, 3.63) is 40.8 Å². The Labute approximate surface area is 152 Å². The van der Waals surface area contributed by atoms with Gasteiger partial charge in [-0.05, 0) is 43.7 Å². The third-order valence-corrected chi connectivity index (χ3v) is 7.42. The summed E-state index contributed by atoms with van der Waals surface area (Å²) in [6.45, 7) is 2.02. The van der Waals surface area contributed by atoms with E-state index >= 15 is 0 Å². The molecule has 2 unspecified atom stereocenters. The molecule has 2 aliphatic rings. The third-order valence-electron chi connectivity index (χ3n) is 4.52. The molecule has 3 heterocycles. The van der Waals surface area contributed by atoms with Gasteiger partial charge in [-0.1, -0.05) is 0 Å². The topological polar surface area (TPSA) is 59.0 Å². The molecule has 130 valence electrons. The van der Waals surface area contributed by atoms with Crippen LogP contribution in [0.1, 0.15) is 23.3 Å². The zero-order valence-corrected chi connectivity index (χ0v) is 15.7. The van der Waals surface area contributed by atoms with Gasteiger partial charge in [-0.15, -0.1) is 11.3 Å². The lowest BCUT2D eigenvalue weighted by Crippen LogP contribution is -2.37. The molecule has 1 amide bonds. The van der Waals surface area contributed by atoms with E-state index in [9.17, 15) is 9.00 Å². The van der Waals surface area contributed by atoms with Crippen LogP contribution in [0.2, 0.25) is 0 Å². The van der Waals surface area contributed by atoms with Crippen LogP contribution in [-0.2, 0) is 15.6 Å². The number of thiophene rings is 1. The Kier molecular flexibility index (Phi) is 4.21. The van der Waals surface area contributed by atoms with E-state index in [1.807, 2.05) is 31.2 Å². The predicted molar refractivity (Wildman–Crippen MR) is 100 cm³/mol. The molecular weight excluding hydrogens is 356 g/mol. The minimum Gasteiger partial charge on any atom is -0.497 e. The summed E-state index contributed by atoms with van der Waals surface area (Å²) in [5, 5.41) is 6.16. The van der Waals surface area contributed by atoms with E-state index in [0.717, 1.165) is 38.2 Å². The predicted octanol–water partition coefficient (Wildman–Crippen LogP) is 3.33. The zero-order valence-electron chi connectivity index (χ0n) is 14.0. The van der Waals surface area contributed by atoms with Crippen LogP contribution in [0.15, 0.2) is 39.6 Å². The first-order valence-corrected chi connectivity index (χ1v) is 10.2. The van der Waals surface area contributed by atoms with E-state index in [1.165, 1.54) is 5.01 Å². The Hall–Kier alpha value is -1.99. The molecule has 0 saturated heterocycles. The van der Waals surface area contributed by atoms with Crippen LogP contribution in [0.3, 0.4) is 0 Å². The van der Waals surface area contributed by atoms with Crippen LogP contribution in [0, 0.1) is 12.8 Å². The highest BCUT2D eigenvalue weighted by Gasteiger charge is 2.36. The van der Waals surface area contributed by atoms with Gasteiger partial charge in [-0.25, -0.2) is 5.01 Å². The van der Waals surface area contributed by atoms with Crippen molar-refractivity contribution in [3.63, 3.8) is 0 Å². The largest absolute Gasteiger partial charge is 0.497 e. The van der Waals surface area contributed by atoms with Crippen molar-refractivity contribution in [1.82, 2.24) is 0 Å². The second-order valence-corrected chi connectivity index (χ2v) is 9.21. The Bertz CT molecular complexity index is 886. The second kappa shape index (κ2) is 6.38. The smallest absolute Gasteiger partial charge is 0.248 e. The number of methoxy groups -OCH3 is 1. The lowest BCUT2D eigenvalue weighted by molar-refractivity contribution is -0.119. The molecule has 0 fully saturated rings. The first-order chi connectivity index (χ1) is 12.1. The number of ether oxygens (including phenoxy) is 1. The second-order valence-electron chi connectivity index (χ2n) is 6.19. The number of hydrogen-bond donors (Lipinski definition) is 0. The Morgan fingerprint density at radius 1 is 1.32 bits per heavy atom. The molecule has 1 aromatic heterocycles. The summed E-state index contributed by atoms with van der Waals surface area (Å²) in [7, 11) is 0.601. The van der Waals surface area contributed by atoms with Crippen LogP contribution in [0.5, 0.6) is 5.75 Å². The van der Waals surface area contributed by atoms with Crippen molar-refractivity contribution in [2.75, 3.05) is 17.9 Å². The maximum atomic E-state index is 12.6. The molecule has 0 radical (unpaired) electrons. The summed E-state index contributed by atoms with van der Waals surface area (Å²) in [5.41, 5.74) is 2.56. The standard InChI is InChI=1S/C18H18N2O3S2/c1-11-9-15-17-12(7-8-25(22)18(15)24-11)10-16(21)20(19-17)13-3-5-14(23-2)6-4-13/h3-6,9,12H,7-8,10H2,1-2H3. The number of hydrazone groups is 1. The Balaban J connectivity index is 1.80. The van der Waals surface area contributed by atoms with E-state index in [2.05, 4.69) is 6.07 Å². The minimum atomic E-state index is -1.01. The van der Waals surface area contributed by atoms with Gasteiger partial charge in [0.15, 0.2) is 0 Å². The van der Waals surface area contributed by atoms with Crippen molar-refractivity contribution in [2.45, 2.75) is 24.0 Å². The fourth-order valence-corrected chi connectivity index (χ4v) is 6.11. The average Bonchev–Trinajstić information content (AvgIpc) is 2.96. The van der Waals surface area contributed by atoms with Gasteiger partial charge >= 0.3 is 0 Å². The van der Waals surface area contributed by atoms with Gasteiger partial charge in [-0.2, -0.15) is 5.10 Å². The van der Waals surface area contributed by atoms with E-state index in [-0.39, 0.29) is 11.8 Å². The molecule has 0 N–H and O–H groups in total. The zero-order chi connectivity index (χ0) is 17.6. The van der Waals surface area contributed by atoms with Crippen LogP contribution in [0.4, 0.5) is 5.69 Å². The first kappa shape index (κ1) is 16.5. The summed E-state index contributed by atoms with van der Waals surface area (Å²) >= 11 is 1.57. The SMILES string of the molecule is COc1ccc(N2N=C3c4cc(C)sc4S(=O)CCC3CC2=O)cc1. The van der Waals surface area contributed by atoms with Crippen molar-refractivity contribution in [2.24, 2.45) is 11.0 Å². The molecule has 0 aliphatic carbocycles. The van der Waals surface area contributed by atoms with E-state index in [1.54, 1.807) is 18.4 Å². The maximum absolute atomic E-state index is 12.6. The van der Waals surface area contributed by atoms with E-state index < -0.39 is 10.8 Å². The van der Waals surface area contributed by atoms with Gasteiger partial charge in [0.1, 0.15) is 9.96 Å². The average molecular weight is 374 g/mol. The first-order valence-electron chi connectivity index (χ1n) is 8.11. The molecular formula is C18H18N2O3S2. The van der Waals surface area contributed by atoms with Gasteiger partial charge in [0.05, 0.1) is 29.3 Å². The van der Waals surface area contributed by atoms with Gasteiger partial charge in [0.25, 0.3) is 0 Å². The lowest BCUT2D eigenvalue weighted by Gasteiger charge is -2.28. The highest BCUT2D eigenvalue weighted by molar-refractivity contribution is 7.87. The number of fused-ring (bicyclic) bond motifs is 3. The number of hydrogen-bond acceptors (Lipinski definition) is 5. The molecule has 2 aliphatic heterocycles. The molecule has 7 heteroatoms. The summed E-state index contributed by atoms with van der Waals surface area (Å²) in [4.78, 5) is 13.7. The molecule has 4 rings (SSSR count).